The summed E-state index contributed by atoms with van der Waals surface area (Å²) < 4.78 is 10.6. The normalized spacial score (nSPS) is 18.1. The van der Waals surface area contributed by atoms with Crippen LogP contribution in [0.4, 0.5) is 0 Å². The van der Waals surface area contributed by atoms with E-state index in [1.165, 1.54) is 0 Å². The summed E-state index contributed by atoms with van der Waals surface area (Å²) >= 11 is 0. The first-order valence-corrected chi connectivity index (χ1v) is 7.32. The second-order valence-electron chi connectivity index (χ2n) is 5.42. The number of piperidine rings is 1. The lowest BCUT2D eigenvalue weighted by molar-refractivity contribution is -0.135. The van der Waals surface area contributed by atoms with Gasteiger partial charge in [-0.15, -0.1) is 0 Å². The smallest absolute Gasteiger partial charge is 0.227 e. The minimum atomic E-state index is 0.0907. The van der Waals surface area contributed by atoms with Gasteiger partial charge in [0, 0.05) is 31.8 Å². The van der Waals surface area contributed by atoms with Gasteiger partial charge in [-0.2, -0.15) is 0 Å². The van der Waals surface area contributed by atoms with E-state index in [0.29, 0.717) is 6.54 Å². The fourth-order valence-electron chi connectivity index (χ4n) is 2.69. The van der Waals surface area contributed by atoms with E-state index in [9.17, 15) is 4.79 Å². The highest BCUT2D eigenvalue weighted by atomic mass is 16.5. The third kappa shape index (κ3) is 3.88. The lowest BCUT2D eigenvalue weighted by atomic mass is 9.98. The van der Waals surface area contributed by atoms with Gasteiger partial charge < -0.3 is 19.7 Å². The molecular weight excluding hydrogens is 268 g/mol. The zero-order valence-electron chi connectivity index (χ0n) is 13.0. The lowest BCUT2D eigenvalue weighted by Gasteiger charge is -2.27. The van der Waals surface area contributed by atoms with Crippen molar-refractivity contribution in [3.63, 3.8) is 0 Å². The average molecular weight is 292 g/mol. The van der Waals surface area contributed by atoms with Crippen LogP contribution in [-0.2, 0) is 11.3 Å². The van der Waals surface area contributed by atoms with Gasteiger partial charge >= 0.3 is 0 Å². The van der Waals surface area contributed by atoms with Crippen molar-refractivity contribution >= 4 is 5.91 Å². The fourth-order valence-corrected chi connectivity index (χ4v) is 2.69. The molecule has 0 aliphatic carbocycles. The molecule has 0 spiro atoms. The van der Waals surface area contributed by atoms with E-state index in [4.69, 9.17) is 9.47 Å². The number of hydrogen-bond acceptors (Lipinski definition) is 4. The zero-order valence-corrected chi connectivity index (χ0v) is 13.0. The number of hydrogen-bond donors (Lipinski definition) is 1. The van der Waals surface area contributed by atoms with Crippen LogP contribution in [0.15, 0.2) is 18.2 Å². The number of benzene rings is 1. The average Bonchev–Trinajstić information content (AvgIpc) is 2.55. The molecule has 1 aromatic rings. The molecule has 1 heterocycles. The maximum Gasteiger partial charge on any atom is 0.227 e. The van der Waals surface area contributed by atoms with E-state index in [1.807, 2.05) is 25.2 Å². The van der Waals surface area contributed by atoms with E-state index in [0.717, 1.165) is 43.0 Å². The topological polar surface area (TPSA) is 50.8 Å². The van der Waals surface area contributed by atoms with Gasteiger partial charge in [-0.25, -0.2) is 0 Å². The molecule has 1 fully saturated rings. The van der Waals surface area contributed by atoms with Crippen molar-refractivity contribution in [2.45, 2.75) is 19.4 Å². The summed E-state index contributed by atoms with van der Waals surface area (Å²) in [6.45, 7) is 2.34. The first kappa shape index (κ1) is 15.6. The molecule has 1 aromatic carbocycles. The van der Waals surface area contributed by atoms with Crippen LogP contribution in [0.2, 0.25) is 0 Å². The molecule has 1 saturated heterocycles. The van der Waals surface area contributed by atoms with Crippen LogP contribution in [0.25, 0.3) is 0 Å². The number of rotatable bonds is 5. The van der Waals surface area contributed by atoms with Crippen LogP contribution >= 0.6 is 0 Å². The molecule has 1 atom stereocenters. The molecule has 1 amide bonds. The molecule has 1 aliphatic rings. The summed E-state index contributed by atoms with van der Waals surface area (Å²) in [6.07, 6.45) is 2.03. The molecular formula is C16H24N2O3. The van der Waals surface area contributed by atoms with Crippen LogP contribution in [0, 0.1) is 5.92 Å². The van der Waals surface area contributed by atoms with Gasteiger partial charge in [0.25, 0.3) is 0 Å². The molecule has 1 unspecified atom stereocenters. The maximum atomic E-state index is 12.4. The van der Waals surface area contributed by atoms with E-state index in [1.54, 1.807) is 19.1 Å². The lowest BCUT2D eigenvalue weighted by Crippen LogP contribution is -2.41. The predicted octanol–water partition coefficient (Wildman–Crippen LogP) is 1.66. The second-order valence-corrected chi connectivity index (χ2v) is 5.42. The van der Waals surface area contributed by atoms with Crippen molar-refractivity contribution in [1.82, 2.24) is 10.2 Å². The van der Waals surface area contributed by atoms with E-state index < -0.39 is 0 Å². The van der Waals surface area contributed by atoms with Crippen LogP contribution < -0.4 is 14.8 Å². The number of amides is 1. The summed E-state index contributed by atoms with van der Waals surface area (Å²) in [4.78, 5) is 14.2. The Morgan fingerprint density at radius 3 is 2.81 bits per heavy atom. The Morgan fingerprint density at radius 1 is 1.38 bits per heavy atom. The third-order valence-corrected chi connectivity index (χ3v) is 3.92. The summed E-state index contributed by atoms with van der Waals surface area (Å²) in [7, 11) is 5.10. The predicted molar refractivity (Wildman–Crippen MR) is 81.6 cm³/mol. The zero-order chi connectivity index (χ0) is 15.2. The monoisotopic (exact) mass is 292 g/mol. The Bertz CT molecular complexity index is 484. The van der Waals surface area contributed by atoms with Gasteiger partial charge in [0.1, 0.15) is 11.5 Å². The number of methoxy groups -OCH3 is 2. The summed E-state index contributed by atoms with van der Waals surface area (Å²) in [5.74, 6) is 1.78. The van der Waals surface area contributed by atoms with Crippen molar-refractivity contribution in [2.24, 2.45) is 5.92 Å². The summed E-state index contributed by atoms with van der Waals surface area (Å²) in [5.41, 5.74) is 0.984. The largest absolute Gasteiger partial charge is 0.497 e. The number of nitrogens with one attached hydrogen (secondary N) is 1. The molecule has 0 aromatic heterocycles. The highest BCUT2D eigenvalue weighted by Gasteiger charge is 2.24. The number of carbonyl (C=O) groups excluding carboxylic acids is 1. The maximum absolute atomic E-state index is 12.4. The Kier molecular flexibility index (Phi) is 5.44. The molecule has 116 valence electrons. The number of nitrogens with zero attached hydrogens (tertiary/aromatic N) is 1. The van der Waals surface area contributed by atoms with Crippen LogP contribution in [-0.4, -0.2) is 45.2 Å². The molecule has 21 heavy (non-hydrogen) atoms. The number of ether oxygens (including phenoxy) is 2. The standard InChI is InChI=1S/C16H24N2O3/c1-18(16(19)12-5-4-8-17-10-12)11-13-6-7-14(20-2)9-15(13)21-3/h6-7,9,12,17H,4-5,8,10-11H2,1-3H3. The van der Waals surface area contributed by atoms with E-state index >= 15 is 0 Å². The molecule has 1 N–H and O–H groups in total. The van der Waals surface area contributed by atoms with E-state index in [2.05, 4.69) is 5.32 Å². The highest BCUT2D eigenvalue weighted by Crippen LogP contribution is 2.26. The quantitative estimate of drug-likeness (QED) is 0.897. The molecule has 0 radical (unpaired) electrons. The first-order chi connectivity index (χ1) is 10.2. The minimum absolute atomic E-state index is 0.0907. The van der Waals surface area contributed by atoms with Crippen LogP contribution in [0.1, 0.15) is 18.4 Å². The highest BCUT2D eigenvalue weighted by molar-refractivity contribution is 5.79. The first-order valence-electron chi connectivity index (χ1n) is 7.32. The van der Waals surface area contributed by atoms with Gasteiger partial charge in [0.15, 0.2) is 0 Å². The third-order valence-electron chi connectivity index (χ3n) is 3.92. The van der Waals surface area contributed by atoms with E-state index in [-0.39, 0.29) is 11.8 Å². The number of carbonyl (C=O) groups is 1. The second kappa shape index (κ2) is 7.31. The Morgan fingerprint density at radius 2 is 2.19 bits per heavy atom. The fraction of sp³-hybridized carbons (Fsp3) is 0.562. The van der Waals surface area contributed by atoms with Crippen molar-refractivity contribution in [3.05, 3.63) is 23.8 Å². The van der Waals surface area contributed by atoms with Crippen molar-refractivity contribution in [1.29, 1.82) is 0 Å². The van der Waals surface area contributed by atoms with Crippen molar-refractivity contribution < 1.29 is 14.3 Å². The molecule has 5 heteroatoms. The molecule has 0 bridgehead atoms. The molecule has 1 aliphatic heterocycles. The Labute approximate surface area is 126 Å². The summed E-state index contributed by atoms with van der Waals surface area (Å²) in [6, 6.07) is 5.68. The van der Waals surface area contributed by atoms with Crippen molar-refractivity contribution in [2.75, 3.05) is 34.4 Å². The van der Waals surface area contributed by atoms with Crippen LogP contribution in [0.5, 0.6) is 11.5 Å². The van der Waals surface area contributed by atoms with Gasteiger partial charge in [0.2, 0.25) is 5.91 Å². The molecule has 0 saturated carbocycles. The minimum Gasteiger partial charge on any atom is -0.497 e. The van der Waals surface area contributed by atoms with Gasteiger partial charge in [-0.05, 0) is 31.5 Å². The van der Waals surface area contributed by atoms with Crippen molar-refractivity contribution in [3.8, 4) is 11.5 Å². The Balaban J connectivity index is 2.04. The summed E-state index contributed by atoms with van der Waals surface area (Å²) in [5, 5.41) is 3.28. The van der Waals surface area contributed by atoms with Gasteiger partial charge in [-0.1, -0.05) is 0 Å². The Hall–Kier alpha value is -1.75. The van der Waals surface area contributed by atoms with Crippen LogP contribution in [0.3, 0.4) is 0 Å². The SMILES string of the molecule is COc1ccc(CN(C)C(=O)C2CCCNC2)c(OC)c1. The molecule has 5 nitrogen and oxygen atoms in total. The molecule has 2 rings (SSSR count). The van der Waals surface area contributed by atoms with Gasteiger partial charge in [-0.3, -0.25) is 4.79 Å². The van der Waals surface area contributed by atoms with Gasteiger partial charge in [0.05, 0.1) is 20.1 Å².